The lowest BCUT2D eigenvalue weighted by molar-refractivity contribution is -0.133. The summed E-state index contributed by atoms with van der Waals surface area (Å²) in [5.41, 5.74) is 0. The fraction of sp³-hybridized carbons (Fsp3) is 0.812. The Balaban J connectivity index is 1.50. The van der Waals surface area contributed by atoms with Crippen molar-refractivity contribution in [3.63, 3.8) is 0 Å². The van der Waals surface area contributed by atoms with Crippen molar-refractivity contribution < 1.29 is 14.7 Å². The van der Waals surface area contributed by atoms with Crippen molar-refractivity contribution in [1.29, 1.82) is 5.26 Å². The van der Waals surface area contributed by atoms with Crippen LogP contribution in [0.2, 0.25) is 0 Å². The van der Waals surface area contributed by atoms with Gasteiger partial charge >= 0.3 is 0 Å². The first kappa shape index (κ1) is 17.5. The molecule has 0 aromatic carbocycles. The number of fused-ring (bicyclic) bond motifs is 1. The van der Waals surface area contributed by atoms with Crippen LogP contribution in [0.5, 0.6) is 0 Å². The highest BCUT2D eigenvalue weighted by atomic mass is 35.5. The largest absolute Gasteiger partial charge is 0.387 e. The number of amides is 2. The number of halogens is 1. The molecule has 4 atom stereocenters. The molecule has 2 aliphatic heterocycles. The second-order valence-electron chi connectivity index (χ2n) is 7.03. The van der Waals surface area contributed by atoms with E-state index < -0.39 is 6.61 Å². The third-order valence-corrected chi connectivity index (χ3v) is 6.01. The van der Waals surface area contributed by atoms with Crippen LogP contribution >= 0.6 is 11.8 Å². The van der Waals surface area contributed by atoms with Gasteiger partial charge in [0.15, 0.2) is 0 Å². The molecule has 3 fully saturated rings. The minimum Gasteiger partial charge on any atom is -0.387 e. The van der Waals surface area contributed by atoms with Gasteiger partial charge in [0.1, 0.15) is 12.6 Å². The number of aliphatic hydroxyl groups excluding tert-OH is 1. The Kier molecular flexibility index (Phi) is 5.28. The molecule has 0 aromatic heterocycles. The number of carbonyl (C=O) groups is 2. The fourth-order valence-electron chi connectivity index (χ4n) is 4.35. The Hall–Kier alpha value is -1.36. The first-order valence-corrected chi connectivity index (χ1v) is 8.87. The molecule has 1 aliphatic carbocycles. The van der Waals surface area contributed by atoms with Crippen LogP contribution in [-0.4, -0.2) is 76.0 Å². The van der Waals surface area contributed by atoms with Crippen molar-refractivity contribution in [3.05, 3.63) is 0 Å². The van der Waals surface area contributed by atoms with Crippen LogP contribution in [0.15, 0.2) is 0 Å². The van der Waals surface area contributed by atoms with Crippen molar-refractivity contribution in [2.45, 2.75) is 37.8 Å². The maximum absolute atomic E-state index is 12.4. The zero-order valence-corrected chi connectivity index (χ0v) is 14.4. The van der Waals surface area contributed by atoms with Crippen LogP contribution in [0.1, 0.15) is 25.7 Å². The maximum atomic E-state index is 12.4. The maximum Gasteiger partial charge on any atom is 0.248 e. The van der Waals surface area contributed by atoms with Gasteiger partial charge in [-0.25, -0.2) is 4.42 Å². The molecule has 0 spiro atoms. The van der Waals surface area contributed by atoms with E-state index >= 15 is 0 Å². The Bertz CT molecular complexity index is 538. The van der Waals surface area contributed by atoms with E-state index in [2.05, 4.69) is 6.07 Å². The summed E-state index contributed by atoms with van der Waals surface area (Å²) in [6.45, 7) is 1.66. The Morgan fingerprint density at radius 3 is 2.50 bits per heavy atom. The van der Waals surface area contributed by atoms with Crippen molar-refractivity contribution in [2.75, 3.05) is 32.8 Å². The monoisotopic (exact) mass is 354 g/mol. The van der Waals surface area contributed by atoms with Crippen molar-refractivity contribution in [3.8, 4) is 6.07 Å². The summed E-state index contributed by atoms with van der Waals surface area (Å²) in [6, 6.07) is 1.99. The summed E-state index contributed by atoms with van der Waals surface area (Å²) in [6.07, 6.45) is 3.33. The number of carbonyl (C=O) groups excluding carboxylic acids is 2. The van der Waals surface area contributed by atoms with Gasteiger partial charge in [0, 0.05) is 25.7 Å². The van der Waals surface area contributed by atoms with Gasteiger partial charge in [0.05, 0.1) is 12.6 Å². The SMILES string of the molecule is N#C[C@@H]1CCCN1C(=O)CN(Cl)[C@@H]1C[C@@H]2CN(C(=O)CO)C[C@@H]2C1. The Morgan fingerprint density at radius 2 is 1.92 bits per heavy atom. The molecule has 2 amide bonds. The number of nitrogens with zero attached hydrogens (tertiary/aromatic N) is 4. The van der Waals surface area contributed by atoms with E-state index in [0.717, 1.165) is 25.7 Å². The van der Waals surface area contributed by atoms with Crippen LogP contribution < -0.4 is 0 Å². The summed E-state index contributed by atoms with van der Waals surface area (Å²) in [5, 5.41) is 18.0. The summed E-state index contributed by atoms with van der Waals surface area (Å²) in [7, 11) is 0. The standard InChI is InChI=1S/C16H23ClN4O3/c17-21(9-15(23)20-3-1-2-13(20)6-18)14-4-11-7-19(16(24)10-22)8-12(11)5-14/h11-14,22H,1-5,7-10H2/t11-,12+,13-,14-/m0/s1. The number of hydrogen-bond acceptors (Lipinski definition) is 5. The molecule has 1 saturated carbocycles. The molecule has 2 saturated heterocycles. The number of hydrogen-bond donors (Lipinski definition) is 1. The molecule has 0 bridgehead atoms. The van der Waals surface area contributed by atoms with Gasteiger partial charge in [-0.2, -0.15) is 5.26 Å². The molecule has 8 heteroatoms. The third kappa shape index (κ3) is 3.37. The van der Waals surface area contributed by atoms with E-state index in [1.54, 1.807) is 14.2 Å². The zero-order valence-electron chi connectivity index (χ0n) is 13.6. The van der Waals surface area contributed by atoms with E-state index in [0.29, 0.717) is 31.5 Å². The summed E-state index contributed by atoms with van der Waals surface area (Å²) in [5.74, 6) is 0.486. The van der Waals surface area contributed by atoms with Gasteiger partial charge in [-0.3, -0.25) is 9.59 Å². The molecule has 1 N–H and O–H groups in total. The molecule has 3 rings (SSSR count). The lowest BCUT2D eigenvalue weighted by Crippen LogP contribution is -2.42. The smallest absolute Gasteiger partial charge is 0.248 e. The number of aliphatic hydroxyl groups is 1. The molecule has 0 radical (unpaired) electrons. The second-order valence-corrected chi connectivity index (χ2v) is 7.47. The average Bonchev–Trinajstić information content (AvgIpc) is 3.26. The minimum absolute atomic E-state index is 0.0804. The summed E-state index contributed by atoms with van der Waals surface area (Å²) >= 11 is 6.37. The van der Waals surface area contributed by atoms with Gasteiger partial charge in [-0.05, 0) is 49.3 Å². The lowest BCUT2D eigenvalue weighted by Gasteiger charge is -2.26. The van der Waals surface area contributed by atoms with Gasteiger partial charge in [-0.15, -0.1) is 0 Å². The van der Waals surface area contributed by atoms with Gasteiger partial charge < -0.3 is 14.9 Å². The van der Waals surface area contributed by atoms with Crippen molar-refractivity contribution >= 4 is 23.6 Å². The molecule has 0 aromatic rings. The quantitative estimate of drug-likeness (QED) is 0.728. The molecular weight excluding hydrogens is 332 g/mol. The van der Waals surface area contributed by atoms with Gasteiger partial charge in [0.2, 0.25) is 11.8 Å². The molecule has 132 valence electrons. The average molecular weight is 355 g/mol. The highest BCUT2D eigenvalue weighted by Gasteiger charge is 2.44. The van der Waals surface area contributed by atoms with Gasteiger partial charge in [-0.1, -0.05) is 0 Å². The highest BCUT2D eigenvalue weighted by molar-refractivity contribution is 6.14. The summed E-state index contributed by atoms with van der Waals surface area (Å²) < 4.78 is 1.59. The number of likely N-dealkylation sites (tertiary alicyclic amines) is 2. The summed E-state index contributed by atoms with van der Waals surface area (Å²) in [4.78, 5) is 27.3. The minimum atomic E-state index is -0.436. The van der Waals surface area contributed by atoms with E-state index in [4.69, 9.17) is 22.1 Å². The first-order chi connectivity index (χ1) is 11.5. The van der Waals surface area contributed by atoms with Crippen LogP contribution in [0.3, 0.4) is 0 Å². The molecule has 2 heterocycles. The Labute approximate surface area is 146 Å². The van der Waals surface area contributed by atoms with Crippen molar-refractivity contribution in [2.24, 2.45) is 11.8 Å². The second kappa shape index (κ2) is 7.26. The first-order valence-electron chi connectivity index (χ1n) is 8.53. The predicted molar refractivity (Wildman–Crippen MR) is 86.6 cm³/mol. The zero-order chi connectivity index (χ0) is 17.3. The van der Waals surface area contributed by atoms with Crippen LogP contribution in [-0.2, 0) is 9.59 Å². The Morgan fingerprint density at radius 1 is 1.25 bits per heavy atom. The topological polar surface area (TPSA) is 87.9 Å². The van der Waals surface area contributed by atoms with E-state index in [9.17, 15) is 9.59 Å². The number of rotatable bonds is 4. The molecular formula is C16H23ClN4O3. The van der Waals surface area contributed by atoms with E-state index in [1.807, 2.05) is 0 Å². The van der Waals surface area contributed by atoms with Crippen LogP contribution in [0.25, 0.3) is 0 Å². The molecule has 0 unspecified atom stereocenters. The van der Waals surface area contributed by atoms with E-state index in [-0.39, 0.29) is 30.4 Å². The number of nitriles is 1. The highest BCUT2D eigenvalue weighted by Crippen LogP contribution is 2.40. The normalized spacial score (nSPS) is 32.2. The van der Waals surface area contributed by atoms with Crippen molar-refractivity contribution in [1.82, 2.24) is 14.2 Å². The lowest BCUT2D eigenvalue weighted by atomic mass is 10.0. The predicted octanol–water partition coefficient (Wildman–Crippen LogP) is 0.186. The molecule has 24 heavy (non-hydrogen) atoms. The van der Waals surface area contributed by atoms with Crippen LogP contribution in [0, 0.1) is 23.2 Å². The fourth-order valence-corrected chi connectivity index (χ4v) is 4.61. The molecule has 3 aliphatic rings. The van der Waals surface area contributed by atoms with E-state index in [1.165, 1.54) is 0 Å². The van der Waals surface area contributed by atoms with Crippen LogP contribution in [0.4, 0.5) is 0 Å². The molecule has 7 nitrogen and oxygen atoms in total. The van der Waals surface area contributed by atoms with Gasteiger partial charge in [0.25, 0.3) is 0 Å². The third-order valence-electron chi connectivity index (χ3n) is 5.62.